The molecule has 5 N–H and O–H groups in total. The molecule has 1 heterocycles. The van der Waals surface area contributed by atoms with Crippen molar-refractivity contribution in [1.29, 1.82) is 0 Å². The number of aryl methyl sites for hydroxylation is 1. The van der Waals surface area contributed by atoms with Gasteiger partial charge in [0.2, 0.25) is 5.91 Å². The second-order valence-electron chi connectivity index (χ2n) is 4.70. The Morgan fingerprint density at radius 3 is 2.84 bits per heavy atom. The van der Waals surface area contributed by atoms with E-state index in [2.05, 4.69) is 10.1 Å². The van der Waals surface area contributed by atoms with Crippen molar-refractivity contribution in [3.8, 4) is 0 Å². The van der Waals surface area contributed by atoms with Crippen LogP contribution in [0.4, 0.5) is 0 Å². The minimum atomic E-state index is -0.987. The first kappa shape index (κ1) is 13.8. The number of nitrogens with one attached hydrogen (secondary N) is 1. The average molecular weight is 285 g/mol. The number of carbonyl (C=O) groups is 1. The topological polar surface area (TPSA) is 137 Å². The Kier molecular flexibility index (Phi) is 3.50. The molecule has 0 bridgehead atoms. The second-order valence-corrected chi connectivity index (χ2v) is 5.97. The van der Waals surface area contributed by atoms with E-state index < -0.39 is 22.6 Å². The number of aromatic nitrogens is 3. The molecule has 1 aromatic heterocycles. The zero-order chi connectivity index (χ0) is 14.2. The Morgan fingerprint density at radius 2 is 2.26 bits per heavy atom. The fourth-order valence-electron chi connectivity index (χ4n) is 2.07. The lowest BCUT2D eigenvalue weighted by atomic mass is 9.99. The molecule has 0 aromatic carbocycles. The van der Waals surface area contributed by atoms with Gasteiger partial charge in [0, 0.05) is 12.3 Å². The van der Waals surface area contributed by atoms with Gasteiger partial charge in [0.1, 0.15) is 0 Å². The monoisotopic (exact) mass is 285 g/mol. The molecule has 1 aliphatic rings. The van der Waals surface area contributed by atoms with Crippen LogP contribution < -0.4 is 22.6 Å². The number of primary amides is 1. The highest BCUT2D eigenvalue weighted by Crippen LogP contribution is 2.37. The van der Waals surface area contributed by atoms with E-state index in [4.69, 9.17) is 11.5 Å². The number of rotatable bonds is 3. The highest BCUT2D eigenvalue weighted by molar-refractivity contribution is 7.99. The van der Waals surface area contributed by atoms with Crippen molar-refractivity contribution in [2.45, 2.75) is 35.2 Å². The lowest BCUT2D eigenvalue weighted by molar-refractivity contribution is -0.122. The van der Waals surface area contributed by atoms with E-state index in [1.165, 1.54) is 16.4 Å². The summed E-state index contributed by atoms with van der Waals surface area (Å²) < 4.78 is 1.38. The summed E-state index contributed by atoms with van der Waals surface area (Å²) >= 11 is 1.31. The SMILES string of the molecule is Cn1[nH]c(=O)c(=O)nc1SC1CCC(N)(C(N)=O)C1. The quantitative estimate of drug-likeness (QED) is 0.566. The first-order valence-electron chi connectivity index (χ1n) is 5.74. The van der Waals surface area contributed by atoms with Gasteiger partial charge in [-0.2, -0.15) is 4.98 Å². The Bertz CT molecular complexity index is 624. The number of amides is 1. The molecule has 0 aliphatic heterocycles. The summed E-state index contributed by atoms with van der Waals surface area (Å²) in [6.45, 7) is 0. The number of nitrogens with zero attached hydrogens (tertiary/aromatic N) is 2. The normalized spacial score (nSPS) is 26.5. The van der Waals surface area contributed by atoms with Gasteiger partial charge in [-0.05, 0) is 19.3 Å². The number of carbonyl (C=O) groups excluding carboxylic acids is 1. The van der Waals surface area contributed by atoms with Crippen molar-refractivity contribution in [3.63, 3.8) is 0 Å². The fourth-order valence-corrected chi connectivity index (χ4v) is 3.32. The van der Waals surface area contributed by atoms with Crippen molar-refractivity contribution in [2.75, 3.05) is 0 Å². The summed E-state index contributed by atoms with van der Waals surface area (Å²) in [5.74, 6) is -0.515. The van der Waals surface area contributed by atoms with Gasteiger partial charge < -0.3 is 11.5 Å². The zero-order valence-corrected chi connectivity index (χ0v) is 11.2. The van der Waals surface area contributed by atoms with Gasteiger partial charge in [-0.1, -0.05) is 11.8 Å². The number of hydrogen-bond donors (Lipinski definition) is 3. The van der Waals surface area contributed by atoms with E-state index in [0.29, 0.717) is 24.4 Å². The minimum Gasteiger partial charge on any atom is -0.368 e. The summed E-state index contributed by atoms with van der Waals surface area (Å²) in [4.78, 5) is 37.3. The molecule has 104 valence electrons. The van der Waals surface area contributed by atoms with Crippen LogP contribution in [0.5, 0.6) is 0 Å². The predicted octanol–water partition coefficient (Wildman–Crippen LogP) is -1.70. The molecule has 1 aromatic rings. The molecule has 8 nitrogen and oxygen atoms in total. The van der Waals surface area contributed by atoms with E-state index in [9.17, 15) is 14.4 Å². The Hall–Kier alpha value is -1.61. The molecule has 1 amide bonds. The second kappa shape index (κ2) is 4.82. The van der Waals surface area contributed by atoms with Crippen LogP contribution in [0, 0.1) is 0 Å². The first-order valence-corrected chi connectivity index (χ1v) is 6.62. The van der Waals surface area contributed by atoms with Gasteiger partial charge in [0.15, 0.2) is 5.16 Å². The van der Waals surface area contributed by atoms with E-state index in [1.54, 1.807) is 7.05 Å². The summed E-state index contributed by atoms with van der Waals surface area (Å²) in [6.07, 6.45) is 1.65. The van der Waals surface area contributed by atoms with Crippen LogP contribution in [0.1, 0.15) is 19.3 Å². The molecule has 2 atom stereocenters. The maximum atomic E-state index is 11.3. The molecule has 1 aliphatic carbocycles. The van der Waals surface area contributed by atoms with E-state index in [1.807, 2.05) is 0 Å². The summed E-state index contributed by atoms with van der Waals surface area (Å²) in [5, 5.41) is 2.80. The van der Waals surface area contributed by atoms with Crippen LogP contribution in [-0.4, -0.2) is 31.5 Å². The molecule has 1 fully saturated rings. The number of nitrogens with two attached hydrogens (primary N) is 2. The van der Waals surface area contributed by atoms with Gasteiger partial charge in [-0.15, -0.1) is 0 Å². The third-order valence-electron chi connectivity index (χ3n) is 3.21. The maximum Gasteiger partial charge on any atom is 0.339 e. The Morgan fingerprint density at radius 1 is 1.58 bits per heavy atom. The van der Waals surface area contributed by atoms with Gasteiger partial charge in [0.05, 0.1) is 5.54 Å². The third kappa shape index (κ3) is 2.71. The van der Waals surface area contributed by atoms with Crippen LogP contribution >= 0.6 is 11.8 Å². The summed E-state index contributed by atoms with van der Waals surface area (Å²) in [5.41, 5.74) is 8.60. The zero-order valence-electron chi connectivity index (χ0n) is 10.4. The highest BCUT2D eigenvalue weighted by Gasteiger charge is 2.41. The van der Waals surface area contributed by atoms with Crippen molar-refractivity contribution in [2.24, 2.45) is 18.5 Å². The first-order chi connectivity index (χ1) is 8.82. The van der Waals surface area contributed by atoms with Gasteiger partial charge in [-0.25, -0.2) is 0 Å². The molecule has 2 unspecified atom stereocenters. The number of H-pyrrole nitrogens is 1. The highest BCUT2D eigenvalue weighted by atomic mass is 32.2. The fraction of sp³-hybridized carbons (Fsp3) is 0.600. The Balaban J connectivity index is 2.16. The number of thioether (sulfide) groups is 1. The van der Waals surface area contributed by atoms with Crippen molar-refractivity contribution >= 4 is 17.7 Å². The van der Waals surface area contributed by atoms with Crippen molar-refractivity contribution in [3.05, 3.63) is 20.7 Å². The largest absolute Gasteiger partial charge is 0.368 e. The van der Waals surface area contributed by atoms with Gasteiger partial charge >= 0.3 is 11.1 Å². The average Bonchev–Trinajstić information content (AvgIpc) is 2.69. The van der Waals surface area contributed by atoms with E-state index in [0.717, 1.165) is 0 Å². The Labute approximate surface area is 112 Å². The molecule has 0 spiro atoms. The lowest BCUT2D eigenvalue weighted by Crippen LogP contribution is -2.50. The van der Waals surface area contributed by atoms with Gasteiger partial charge in [-0.3, -0.25) is 24.2 Å². The molecular formula is C10H15N5O3S. The molecule has 1 saturated carbocycles. The van der Waals surface area contributed by atoms with Crippen molar-refractivity contribution in [1.82, 2.24) is 14.8 Å². The van der Waals surface area contributed by atoms with E-state index in [-0.39, 0.29) is 5.25 Å². The molecular weight excluding hydrogens is 270 g/mol. The molecule has 0 saturated heterocycles. The number of aromatic amines is 1. The molecule has 19 heavy (non-hydrogen) atoms. The van der Waals surface area contributed by atoms with Crippen LogP contribution in [0.25, 0.3) is 0 Å². The molecule has 0 radical (unpaired) electrons. The van der Waals surface area contributed by atoms with Crippen LogP contribution in [0.2, 0.25) is 0 Å². The number of hydrogen-bond acceptors (Lipinski definition) is 6. The summed E-state index contributed by atoms with van der Waals surface area (Å²) in [7, 11) is 1.59. The maximum absolute atomic E-state index is 11.3. The third-order valence-corrected chi connectivity index (χ3v) is 4.53. The van der Waals surface area contributed by atoms with Crippen LogP contribution in [0.3, 0.4) is 0 Å². The standard InChI is InChI=1S/C10H15N5O3S/c1-15-9(13-6(16)7(17)14-15)19-5-2-3-10(12,4-5)8(11)18/h5H,2-4,12H2,1H3,(H2,11,18)(H,14,17). The minimum absolute atomic E-state index is 0.0431. The van der Waals surface area contributed by atoms with Crippen LogP contribution in [0.15, 0.2) is 14.7 Å². The van der Waals surface area contributed by atoms with Crippen LogP contribution in [-0.2, 0) is 11.8 Å². The van der Waals surface area contributed by atoms with E-state index >= 15 is 0 Å². The lowest BCUT2D eigenvalue weighted by Gasteiger charge is -2.19. The predicted molar refractivity (Wildman–Crippen MR) is 69.7 cm³/mol. The smallest absolute Gasteiger partial charge is 0.339 e. The van der Waals surface area contributed by atoms with Crippen molar-refractivity contribution < 1.29 is 4.79 Å². The molecule has 2 rings (SSSR count). The molecule has 9 heteroatoms. The van der Waals surface area contributed by atoms with Gasteiger partial charge in [0.25, 0.3) is 0 Å². The summed E-state index contributed by atoms with van der Waals surface area (Å²) in [6, 6.07) is 0.